The molecular weight excluding hydrogens is 538 g/mol. The van der Waals surface area contributed by atoms with Gasteiger partial charge >= 0.3 is 0 Å². The lowest BCUT2D eigenvalue weighted by molar-refractivity contribution is 0.589. The van der Waals surface area contributed by atoms with E-state index in [4.69, 9.17) is 9.52 Å². The van der Waals surface area contributed by atoms with Gasteiger partial charge in [-0.05, 0) is 52.6 Å². The fraction of sp³-hybridized carbons (Fsp3) is 0.0500. The smallest absolute Gasteiger partial charge is 0.226 e. The molecule has 4 nitrogen and oxygen atoms in total. The van der Waals surface area contributed by atoms with Crippen LogP contribution in [0.4, 0.5) is 5.69 Å². The summed E-state index contributed by atoms with van der Waals surface area (Å²) in [7, 11) is 0. The predicted octanol–water partition coefficient (Wildman–Crippen LogP) is 10.2. The van der Waals surface area contributed by atoms with E-state index in [9.17, 15) is 0 Å². The molecule has 6 aromatic rings. The zero-order chi connectivity index (χ0) is 29.6. The van der Waals surface area contributed by atoms with Crippen LogP contribution >= 0.6 is 0 Å². The minimum atomic E-state index is 0.147. The maximum Gasteiger partial charge on any atom is 0.226 e. The normalized spacial score (nSPS) is 14.9. The number of hydrogen-bond donors (Lipinski definition) is 0. The lowest BCUT2D eigenvalue weighted by atomic mass is 10.0. The molecule has 0 amide bonds. The highest BCUT2D eigenvalue weighted by Gasteiger charge is 2.28. The van der Waals surface area contributed by atoms with E-state index in [2.05, 4.69) is 125 Å². The van der Waals surface area contributed by atoms with Gasteiger partial charge in [0.25, 0.3) is 0 Å². The molecular formula is C40H31N3O. The fourth-order valence-corrected chi connectivity index (χ4v) is 5.41. The van der Waals surface area contributed by atoms with Gasteiger partial charge in [0, 0.05) is 17.5 Å². The Morgan fingerprint density at radius 3 is 1.98 bits per heavy atom. The van der Waals surface area contributed by atoms with Crippen molar-refractivity contribution >= 4 is 29.6 Å². The summed E-state index contributed by atoms with van der Waals surface area (Å²) in [5.41, 5.74) is 8.71. The Balaban J connectivity index is 1.09. The largest absolute Gasteiger partial charge is 0.436 e. The van der Waals surface area contributed by atoms with Gasteiger partial charge in [-0.2, -0.15) is 5.10 Å². The van der Waals surface area contributed by atoms with Crippen LogP contribution in [0.1, 0.15) is 34.7 Å². The van der Waals surface area contributed by atoms with E-state index in [0.29, 0.717) is 5.89 Å². The quantitative estimate of drug-likeness (QED) is 0.171. The molecule has 0 fully saturated rings. The molecule has 0 radical (unpaired) electrons. The van der Waals surface area contributed by atoms with Crippen molar-refractivity contribution in [1.29, 1.82) is 0 Å². The first kappa shape index (κ1) is 27.1. The van der Waals surface area contributed by atoms with Crippen molar-refractivity contribution in [2.45, 2.75) is 12.5 Å². The predicted molar refractivity (Wildman–Crippen MR) is 182 cm³/mol. The minimum Gasteiger partial charge on any atom is -0.436 e. The summed E-state index contributed by atoms with van der Waals surface area (Å²) in [5, 5.41) is 7.19. The monoisotopic (exact) mass is 569 g/mol. The second kappa shape index (κ2) is 12.6. The Labute approximate surface area is 258 Å². The highest BCUT2D eigenvalue weighted by Crippen LogP contribution is 2.36. The van der Waals surface area contributed by atoms with Crippen LogP contribution in [-0.4, -0.2) is 10.7 Å². The first-order chi connectivity index (χ1) is 21.8. The molecule has 0 saturated heterocycles. The molecule has 212 valence electrons. The number of hydrazone groups is 1. The molecule has 0 spiro atoms. The van der Waals surface area contributed by atoms with E-state index in [1.54, 1.807) is 6.20 Å². The lowest BCUT2D eigenvalue weighted by Gasteiger charge is -2.24. The summed E-state index contributed by atoms with van der Waals surface area (Å²) in [5.74, 6) is 1.37. The summed E-state index contributed by atoms with van der Waals surface area (Å²) in [6.07, 6.45) is 11.2. The Kier molecular flexibility index (Phi) is 7.79. The average Bonchev–Trinajstić information content (AvgIpc) is 3.77. The zero-order valence-corrected chi connectivity index (χ0v) is 24.2. The third kappa shape index (κ3) is 6.20. The molecule has 0 aliphatic carbocycles. The number of oxazole rings is 1. The van der Waals surface area contributed by atoms with Crippen LogP contribution in [-0.2, 0) is 0 Å². The number of nitrogens with zero attached hydrogens (tertiary/aromatic N) is 3. The van der Waals surface area contributed by atoms with Gasteiger partial charge in [-0.25, -0.2) is 4.98 Å². The van der Waals surface area contributed by atoms with Crippen molar-refractivity contribution in [3.63, 3.8) is 0 Å². The molecule has 1 aromatic heterocycles. The van der Waals surface area contributed by atoms with Gasteiger partial charge in [0.15, 0.2) is 5.76 Å². The molecule has 7 rings (SSSR count). The molecule has 1 aliphatic rings. The van der Waals surface area contributed by atoms with Crippen LogP contribution in [0.2, 0.25) is 0 Å². The van der Waals surface area contributed by atoms with Crippen molar-refractivity contribution in [2.75, 3.05) is 5.01 Å². The summed E-state index contributed by atoms with van der Waals surface area (Å²) in [6, 6.07) is 48.0. The number of rotatable bonds is 8. The van der Waals surface area contributed by atoms with Crippen LogP contribution in [0.15, 0.2) is 161 Å². The minimum absolute atomic E-state index is 0.147. The molecule has 0 N–H and O–H groups in total. The topological polar surface area (TPSA) is 41.6 Å². The Hall–Kier alpha value is -5.74. The highest BCUT2D eigenvalue weighted by molar-refractivity contribution is 6.01. The van der Waals surface area contributed by atoms with Gasteiger partial charge in [-0.3, -0.25) is 5.01 Å². The molecule has 0 bridgehead atoms. The van der Waals surface area contributed by atoms with Crippen molar-refractivity contribution in [3.05, 3.63) is 174 Å². The summed E-state index contributed by atoms with van der Waals surface area (Å²) in [6.45, 7) is 0. The third-order valence-corrected chi connectivity index (χ3v) is 7.71. The summed E-state index contributed by atoms with van der Waals surface area (Å²) in [4.78, 5) is 4.52. The van der Waals surface area contributed by atoms with Gasteiger partial charge < -0.3 is 4.42 Å². The molecule has 2 heterocycles. The van der Waals surface area contributed by atoms with E-state index in [-0.39, 0.29) is 6.04 Å². The van der Waals surface area contributed by atoms with Crippen molar-refractivity contribution in [2.24, 2.45) is 5.10 Å². The van der Waals surface area contributed by atoms with E-state index < -0.39 is 0 Å². The second-order valence-electron chi connectivity index (χ2n) is 10.8. The third-order valence-electron chi connectivity index (χ3n) is 7.71. The van der Waals surface area contributed by atoms with Gasteiger partial charge in [0.2, 0.25) is 5.89 Å². The number of hydrogen-bond acceptors (Lipinski definition) is 4. The average molecular weight is 570 g/mol. The lowest BCUT2D eigenvalue weighted by Crippen LogP contribution is -2.18. The number of allylic oxidation sites excluding steroid dienone is 1. The molecule has 0 saturated carbocycles. The Morgan fingerprint density at radius 1 is 0.591 bits per heavy atom. The molecule has 5 aromatic carbocycles. The Bertz CT molecular complexity index is 1920. The molecule has 1 aliphatic heterocycles. The highest BCUT2D eigenvalue weighted by atomic mass is 16.4. The van der Waals surface area contributed by atoms with Gasteiger partial charge in [-0.15, -0.1) is 0 Å². The van der Waals surface area contributed by atoms with Crippen LogP contribution in [0.3, 0.4) is 0 Å². The standard InChI is InChI=1S/C40H31N3O/c1-4-11-30(12-5-1)21-24-36-28-38(33-14-6-2-7-15-33)43(42-36)37-25-22-31(23-26-37)19-20-32-13-10-18-35(27-32)40-41-29-39(44-40)34-16-8-3-9-17-34/h1-27,29,38H,28H2. The van der Waals surface area contributed by atoms with E-state index >= 15 is 0 Å². The molecule has 44 heavy (non-hydrogen) atoms. The fourth-order valence-electron chi connectivity index (χ4n) is 5.41. The second-order valence-corrected chi connectivity index (χ2v) is 10.8. The zero-order valence-electron chi connectivity index (χ0n) is 24.2. The van der Waals surface area contributed by atoms with E-state index in [1.807, 2.05) is 48.5 Å². The first-order valence-corrected chi connectivity index (χ1v) is 14.8. The van der Waals surface area contributed by atoms with Gasteiger partial charge in [0.05, 0.1) is 23.6 Å². The van der Waals surface area contributed by atoms with Gasteiger partial charge in [0.1, 0.15) is 0 Å². The van der Waals surface area contributed by atoms with Crippen LogP contribution in [0.5, 0.6) is 0 Å². The van der Waals surface area contributed by atoms with E-state index in [1.165, 1.54) is 11.1 Å². The maximum atomic E-state index is 6.07. The van der Waals surface area contributed by atoms with Crippen molar-refractivity contribution in [1.82, 2.24) is 4.98 Å². The first-order valence-electron chi connectivity index (χ1n) is 14.8. The van der Waals surface area contributed by atoms with Crippen LogP contribution in [0, 0.1) is 0 Å². The molecule has 4 heteroatoms. The number of benzene rings is 5. The summed E-state index contributed by atoms with van der Waals surface area (Å²) >= 11 is 0. The van der Waals surface area contributed by atoms with Crippen LogP contribution in [0.25, 0.3) is 41.0 Å². The van der Waals surface area contributed by atoms with Crippen molar-refractivity contribution in [3.8, 4) is 22.8 Å². The molecule has 1 atom stereocenters. The molecule has 1 unspecified atom stereocenters. The Morgan fingerprint density at radius 2 is 1.20 bits per heavy atom. The summed E-state index contributed by atoms with van der Waals surface area (Å²) < 4.78 is 6.07. The number of aromatic nitrogens is 1. The van der Waals surface area contributed by atoms with Gasteiger partial charge in [-0.1, -0.05) is 133 Å². The number of anilines is 1. The van der Waals surface area contributed by atoms with Crippen LogP contribution < -0.4 is 5.01 Å². The van der Waals surface area contributed by atoms with Crippen molar-refractivity contribution < 1.29 is 4.42 Å². The maximum absolute atomic E-state index is 6.07. The van der Waals surface area contributed by atoms with E-state index in [0.717, 1.165) is 45.8 Å². The SMILES string of the molecule is C(=Cc1ccccc1)C1=NN(c2ccc(C=Cc3cccc(-c4ncc(-c5ccccc5)o4)c3)cc2)C(c2ccccc2)C1.